The van der Waals surface area contributed by atoms with E-state index in [4.69, 9.17) is 0 Å². The van der Waals surface area contributed by atoms with Gasteiger partial charge in [-0.15, -0.1) is 10.2 Å². The van der Waals surface area contributed by atoms with Gasteiger partial charge in [0, 0.05) is 0 Å². The van der Waals surface area contributed by atoms with Crippen LogP contribution in [0.15, 0.2) is 16.9 Å². The Labute approximate surface area is 115 Å². The topological polar surface area (TPSA) is 30.7 Å². The van der Waals surface area contributed by atoms with Crippen molar-refractivity contribution in [2.45, 2.75) is 39.5 Å². The van der Waals surface area contributed by atoms with Gasteiger partial charge in [0.05, 0.1) is 5.69 Å². The molecule has 0 radical (unpaired) electrons. The van der Waals surface area contributed by atoms with Crippen molar-refractivity contribution in [3.05, 3.63) is 39.4 Å². The third-order valence-corrected chi connectivity index (χ3v) is 4.36. The van der Waals surface area contributed by atoms with Crippen LogP contribution in [-0.2, 0) is 0 Å². The number of halogens is 1. The summed E-state index contributed by atoms with van der Waals surface area (Å²) in [6.07, 6.45) is 2.68. The van der Waals surface area contributed by atoms with E-state index >= 15 is 0 Å². The van der Waals surface area contributed by atoms with Crippen molar-refractivity contribution in [1.29, 1.82) is 0 Å². The minimum Gasteiger partial charge on any atom is -0.274 e. The van der Waals surface area contributed by atoms with Gasteiger partial charge in [-0.2, -0.15) is 0 Å². The van der Waals surface area contributed by atoms with Crippen LogP contribution in [0.1, 0.15) is 41.3 Å². The van der Waals surface area contributed by atoms with Crippen LogP contribution >= 0.6 is 15.9 Å². The molecular formula is C14H16BrN3. The maximum absolute atomic E-state index is 4.10. The van der Waals surface area contributed by atoms with Crippen molar-refractivity contribution in [3.8, 4) is 5.69 Å². The molecule has 1 aliphatic rings. The molecule has 4 heteroatoms. The van der Waals surface area contributed by atoms with Crippen LogP contribution in [0.4, 0.5) is 0 Å². The van der Waals surface area contributed by atoms with Crippen LogP contribution in [-0.4, -0.2) is 14.8 Å². The van der Waals surface area contributed by atoms with Crippen molar-refractivity contribution in [1.82, 2.24) is 14.8 Å². The first-order valence-corrected chi connectivity index (χ1v) is 7.07. The van der Waals surface area contributed by atoms with Gasteiger partial charge in [0.15, 0.2) is 0 Å². The highest BCUT2D eigenvalue weighted by molar-refractivity contribution is 9.10. The van der Waals surface area contributed by atoms with Crippen molar-refractivity contribution in [2.24, 2.45) is 0 Å². The summed E-state index contributed by atoms with van der Waals surface area (Å²) in [4.78, 5) is 0. The molecule has 0 N–H and O–H groups in total. The third kappa shape index (κ3) is 1.79. The fourth-order valence-electron chi connectivity index (χ4n) is 2.52. The van der Waals surface area contributed by atoms with Crippen molar-refractivity contribution in [2.75, 3.05) is 0 Å². The Balaban J connectivity index is 2.16. The highest BCUT2D eigenvalue weighted by Crippen LogP contribution is 2.43. The Morgan fingerprint density at radius 2 is 1.83 bits per heavy atom. The molecule has 18 heavy (non-hydrogen) atoms. The van der Waals surface area contributed by atoms with Gasteiger partial charge < -0.3 is 0 Å². The first-order valence-electron chi connectivity index (χ1n) is 6.27. The van der Waals surface area contributed by atoms with Crippen LogP contribution < -0.4 is 0 Å². The van der Waals surface area contributed by atoms with Gasteiger partial charge in [0.2, 0.25) is 4.73 Å². The molecule has 0 saturated heterocycles. The fraction of sp³-hybridized carbons (Fsp3) is 0.429. The average molecular weight is 306 g/mol. The SMILES string of the molecule is Cc1c(C2CC2)ccc(-n2c(C)nnc2Br)c1C. The Hall–Kier alpha value is -1.16. The molecule has 0 amide bonds. The number of aryl methyl sites for hydroxylation is 1. The monoisotopic (exact) mass is 305 g/mol. The Bertz CT molecular complexity index is 592. The molecule has 0 aliphatic heterocycles. The predicted molar refractivity (Wildman–Crippen MR) is 75.2 cm³/mol. The number of hydrogen-bond acceptors (Lipinski definition) is 2. The number of rotatable bonds is 2. The molecule has 3 nitrogen and oxygen atoms in total. The Morgan fingerprint density at radius 1 is 1.11 bits per heavy atom. The van der Waals surface area contributed by atoms with Gasteiger partial charge in [-0.3, -0.25) is 4.57 Å². The van der Waals surface area contributed by atoms with Gasteiger partial charge >= 0.3 is 0 Å². The largest absolute Gasteiger partial charge is 0.274 e. The Morgan fingerprint density at radius 3 is 2.39 bits per heavy atom. The zero-order valence-corrected chi connectivity index (χ0v) is 12.5. The average Bonchev–Trinajstić information content (AvgIpc) is 3.12. The second kappa shape index (κ2) is 4.19. The van der Waals surface area contributed by atoms with Crippen LogP contribution in [0, 0.1) is 20.8 Å². The van der Waals surface area contributed by atoms with Gasteiger partial charge in [-0.05, 0) is 78.2 Å². The molecular weight excluding hydrogens is 290 g/mol. The number of aromatic nitrogens is 3. The maximum atomic E-state index is 4.10. The van der Waals surface area contributed by atoms with Crippen LogP contribution in [0.5, 0.6) is 0 Å². The van der Waals surface area contributed by atoms with Crippen LogP contribution in [0.2, 0.25) is 0 Å². The van der Waals surface area contributed by atoms with Crippen LogP contribution in [0.3, 0.4) is 0 Å². The lowest BCUT2D eigenvalue weighted by atomic mass is 9.98. The summed E-state index contributed by atoms with van der Waals surface area (Å²) >= 11 is 3.46. The van der Waals surface area contributed by atoms with Crippen molar-refractivity contribution < 1.29 is 0 Å². The number of nitrogens with zero attached hydrogens (tertiary/aromatic N) is 3. The normalized spacial score (nSPS) is 15.1. The zero-order chi connectivity index (χ0) is 12.9. The lowest BCUT2D eigenvalue weighted by Crippen LogP contribution is -2.03. The summed E-state index contributed by atoms with van der Waals surface area (Å²) in [6, 6.07) is 4.46. The second-order valence-electron chi connectivity index (χ2n) is 5.05. The summed E-state index contributed by atoms with van der Waals surface area (Å²) in [7, 11) is 0. The molecule has 1 aromatic heterocycles. The van der Waals surface area contributed by atoms with Gasteiger partial charge in [0.1, 0.15) is 5.82 Å². The van der Waals surface area contributed by atoms with E-state index in [-0.39, 0.29) is 0 Å². The molecule has 94 valence electrons. The van der Waals surface area contributed by atoms with E-state index in [0.29, 0.717) is 0 Å². The second-order valence-corrected chi connectivity index (χ2v) is 5.76. The molecule has 0 spiro atoms. The molecule has 1 aliphatic carbocycles. The van der Waals surface area contributed by atoms with Gasteiger partial charge in [-0.25, -0.2) is 0 Å². The van der Waals surface area contributed by atoms with Crippen molar-refractivity contribution >= 4 is 15.9 Å². The summed E-state index contributed by atoms with van der Waals surface area (Å²) in [5.74, 6) is 1.70. The highest BCUT2D eigenvalue weighted by atomic mass is 79.9. The van der Waals surface area contributed by atoms with E-state index in [9.17, 15) is 0 Å². The first kappa shape index (κ1) is 11.9. The Kier molecular flexibility index (Phi) is 2.77. The molecule has 0 unspecified atom stereocenters. The molecule has 0 bridgehead atoms. The van der Waals surface area contributed by atoms with E-state index in [0.717, 1.165) is 16.5 Å². The third-order valence-electron chi connectivity index (χ3n) is 3.84. The van der Waals surface area contributed by atoms with Crippen molar-refractivity contribution in [3.63, 3.8) is 0 Å². The van der Waals surface area contributed by atoms with E-state index in [1.807, 2.05) is 6.92 Å². The van der Waals surface area contributed by atoms with E-state index in [2.05, 4.69) is 56.7 Å². The summed E-state index contributed by atoms with van der Waals surface area (Å²) in [5.41, 5.74) is 5.42. The summed E-state index contributed by atoms with van der Waals surface area (Å²) in [6.45, 7) is 6.38. The molecule has 1 aromatic carbocycles. The smallest absolute Gasteiger partial charge is 0.204 e. The molecule has 0 atom stereocenters. The minimum absolute atomic E-state index is 0.765. The quantitative estimate of drug-likeness (QED) is 0.844. The first-order chi connectivity index (χ1) is 8.59. The minimum atomic E-state index is 0.765. The number of hydrogen-bond donors (Lipinski definition) is 0. The lowest BCUT2D eigenvalue weighted by Gasteiger charge is -2.15. The molecule has 3 rings (SSSR count). The standard InChI is InChI=1S/C14H16BrN3/c1-8-9(2)13(7-6-12(8)11-4-5-11)18-10(3)16-17-14(18)15/h6-7,11H,4-5H2,1-3H3. The van der Waals surface area contributed by atoms with Gasteiger partial charge in [-0.1, -0.05) is 6.07 Å². The highest BCUT2D eigenvalue weighted by Gasteiger charge is 2.26. The van der Waals surface area contributed by atoms with E-state index < -0.39 is 0 Å². The van der Waals surface area contributed by atoms with E-state index in [1.165, 1.54) is 35.2 Å². The maximum Gasteiger partial charge on any atom is 0.204 e. The predicted octanol–water partition coefficient (Wildman–Crippen LogP) is 3.83. The molecule has 1 fully saturated rings. The summed E-state index contributed by atoms with van der Waals surface area (Å²) < 4.78 is 2.82. The molecule has 1 heterocycles. The fourth-order valence-corrected chi connectivity index (χ4v) is 3.04. The summed E-state index contributed by atoms with van der Waals surface area (Å²) in [5, 5.41) is 8.16. The number of benzene rings is 1. The molecule has 2 aromatic rings. The molecule has 1 saturated carbocycles. The van der Waals surface area contributed by atoms with Gasteiger partial charge in [0.25, 0.3) is 0 Å². The van der Waals surface area contributed by atoms with E-state index in [1.54, 1.807) is 0 Å². The lowest BCUT2D eigenvalue weighted by molar-refractivity contribution is 0.937. The van der Waals surface area contributed by atoms with Crippen LogP contribution in [0.25, 0.3) is 5.69 Å². The zero-order valence-electron chi connectivity index (χ0n) is 10.9.